The second-order valence-electron chi connectivity index (χ2n) is 24.3. The lowest BCUT2D eigenvalue weighted by molar-refractivity contribution is 0.674. The number of hydrogen-bond donors (Lipinski definition) is 0. The zero-order valence-corrected chi connectivity index (χ0v) is 52.7. The molecule has 0 saturated carbocycles. The summed E-state index contributed by atoms with van der Waals surface area (Å²) in [6.07, 6.45) is 0. The maximum absolute atomic E-state index is 7.39. The van der Waals surface area contributed by atoms with Gasteiger partial charge in [0.15, 0.2) is 17.5 Å². The number of rotatable bonds is 5. The van der Waals surface area contributed by atoms with Gasteiger partial charge in [-0.05, 0) is 22.0 Å². The Morgan fingerprint density at radius 2 is 0.462 bits per heavy atom. The van der Waals surface area contributed by atoms with Crippen molar-refractivity contribution in [3.05, 3.63) is 0 Å². The fourth-order valence-corrected chi connectivity index (χ4v) is 14.4. The number of aromatic nitrogens is 4. The molecule has 33 heteroatoms. The van der Waals surface area contributed by atoms with Crippen molar-refractivity contribution in [3.63, 3.8) is 0 Å². The van der Waals surface area contributed by atoms with E-state index in [-0.39, 0.29) is 0 Å². The molecule has 0 aliphatic carbocycles. The Morgan fingerprint density at radius 1 is 0.205 bits per heavy atom. The van der Waals surface area contributed by atoms with E-state index in [1.807, 2.05) is 0 Å². The zero-order chi connectivity index (χ0) is 57.4. The standard InChI is InChI=1S/C45H56B28N4O/c46-10-1(2-11(47)23(59)30(66)24(60)12(2)48)13(49)34(70)38-3(10)4-14(50)25(61)33(69)35(71)39(4)77(38)40-21(57)6-5-15(51)16(52)9(22(58)41(5)78-42(6)37(73)36(40)72)45-75-43(7-17(53)26(62)31(67)27(63)18(7)54)74-44(76-45)8-19(55)28(64)32(68)29(65)20(8)56/h46-73H2. The predicted octanol–water partition coefficient (Wildman–Crippen LogP) is -37.2. The van der Waals surface area contributed by atoms with Crippen molar-refractivity contribution >= 4 is 416 Å². The van der Waals surface area contributed by atoms with Gasteiger partial charge in [0.1, 0.15) is 231 Å². The van der Waals surface area contributed by atoms with Crippen LogP contribution in [-0.4, -0.2) is 239 Å². The SMILES string of the molecule is Bc1c(B)c(B)c(-c2nc(-c3c(B)c(B)c(B)c(B)c3B)nc(-c3c(B)c(B)c4c(oc5c(B)c(B)c(-n6c7c(B)c(B)c(B)c(B)c7c7c(B)c(-c8c(B)c(B)c(B)c(B)c8B)c(B)c(B)c76)c(B)c54)c3B)n2)c(B)c1B. The molecule has 0 saturated heterocycles. The number of furan rings is 1. The Balaban J connectivity index is 1.33. The van der Waals surface area contributed by atoms with Crippen molar-refractivity contribution in [2.45, 2.75) is 0 Å². The number of hydrogen-bond acceptors (Lipinski definition) is 4. The van der Waals surface area contributed by atoms with Crippen LogP contribution in [0.3, 0.4) is 0 Å². The van der Waals surface area contributed by atoms with Crippen LogP contribution in [0.5, 0.6) is 0 Å². The Hall–Kier alpha value is -5.03. The van der Waals surface area contributed by atoms with Crippen LogP contribution >= 0.6 is 0 Å². The minimum absolute atomic E-state index is 0.675. The average Bonchev–Trinajstić information content (AvgIpc) is 4.00. The van der Waals surface area contributed by atoms with Gasteiger partial charge in [-0.15, -0.1) is 54.6 Å². The van der Waals surface area contributed by atoms with Crippen LogP contribution in [0.2, 0.25) is 0 Å². The summed E-state index contributed by atoms with van der Waals surface area (Å²) < 4.78 is 10.1. The van der Waals surface area contributed by atoms with Crippen LogP contribution in [-0.2, 0) is 0 Å². The summed E-state index contributed by atoms with van der Waals surface area (Å²) in [6, 6.07) is 0. The molecule has 10 rings (SSSR count). The molecule has 0 spiro atoms. The predicted molar refractivity (Wildman–Crippen MR) is 432 cm³/mol. The maximum Gasteiger partial charge on any atom is 0.163 e. The van der Waals surface area contributed by atoms with Gasteiger partial charge in [0.25, 0.3) is 0 Å². The molecular formula is C45H56B28N4O. The van der Waals surface area contributed by atoms with Crippen molar-refractivity contribution in [1.82, 2.24) is 19.5 Å². The highest BCUT2D eigenvalue weighted by atomic mass is 16.3. The normalized spacial score (nSPS) is 11.7. The van der Waals surface area contributed by atoms with Crippen LogP contribution in [0.4, 0.5) is 0 Å². The smallest absolute Gasteiger partial charge is 0.163 e. The minimum Gasteiger partial charge on any atom is -0.457 e. The lowest BCUT2D eigenvalue weighted by Gasteiger charge is -2.26. The van der Waals surface area contributed by atoms with E-state index in [1.54, 1.807) is 0 Å². The topological polar surface area (TPSA) is 56.7 Å². The summed E-state index contributed by atoms with van der Waals surface area (Å²) in [7, 11) is 64.1. The second kappa shape index (κ2) is 19.3. The quantitative estimate of drug-likeness (QED) is 0.161. The Bertz CT molecular complexity index is 4320. The van der Waals surface area contributed by atoms with Crippen molar-refractivity contribution in [3.8, 4) is 51.0 Å². The van der Waals surface area contributed by atoms with Gasteiger partial charge in [-0.3, -0.25) is 0 Å². The summed E-state index contributed by atoms with van der Waals surface area (Å²) in [5.74, 6) is 2.10. The summed E-state index contributed by atoms with van der Waals surface area (Å²) in [6.45, 7) is 0. The second-order valence-corrected chi connectivity index (χ2v) is 24.3. The van der Waals surface area contributed by atoms with E-state index in [0.717, 1.165) is 49.6 Å². The summed E-state index contributed by atoms with van der Waals surface area (Å²) in [5, 5.41) is 5.07. The molecule has 3 heterocycles. The molecule has 0 aliphatic rings. The first kappa shape index (κ1) is 56.3. The first-order valence-corrected chi connectivity index (χ1v) is 28.4. The van der Waals surface area contributed by atoms with Gasteiger partial charge in [0, 0.05) is 49.6 Å². The molecule has 0 atom stereocenters. The highest BCUT2D eigenvalue weighted by Gasteiger charge is 2.31. The highest BCUT2D eigenvalue weighted by Crippen LogP contribution is 2.32. The third-order valence-corrected chi connectivity index (χ3v) is 21.3. The van der Waals surface area contributed by atoms with Crippen molar-refractivity contribution in [1.29, 1.82) is 0 Å². The molecule has 0 aliphatic heterocycles. The van der Waals surface area contributed by atoms with E-state index in [0.29, 0.717) is 17.5 Å². The third kappa shape index (κ3) is 7.52. The molecule has 0 N–H and O–H groups in total. The average molecular weight is 972 g/mol. The first-order valence-electron chi connectivity index (χ1n) is 28.4. The van der Waals surface area contributed by atoms with E-state index in [2.05, 4.69) is 224 Å². The van der Waals surface area contributed by atoms with Gasteiger partial charge in [-0.1, -0.05) is 92.9 Å². The molecule has 0 radical (unpaired) electrons. The van der Waals surface area contributed by atoms with Crippen LogP contribution in [0.1, 0.15) is 0 Å². The van der Waals surface area contributed by atoms with Gasteiger partial charge >= 0.3 is 0 Å². The fourth-order valence-electron chi connectivity index (χ4n) is 14.4. The molecule has 0 bridgehead atoms. The third-order valence-electron chi connectivity index (χ3n) is 21.3. The van der Waals surface area contributed by atoms with Crippen LogP contribution < -0.4 is 153 Å². The summed E-state index contributed by atoms with van der Waals surface area (Å²) in [5.41, 5.74) is 47.5. The van der Waals surface area contributed by atoms with Crippen molar-refractivity contribution in [2.24, 2.45) is 0 Å². The molecule has 5 nitrogen and oxygen atoms in total. The van der Waals surface area contributed by atoms with Crippen molar-refractivity contribution in [2.75, 3.05) is 0 Å². The lowest BCUT2D eigenvalue weighted by atomic mass is 9.57. The number of benzene rings is 7. The maximum atomic E-state index is 7.39. The van der Waals surface area contributed by atoms with E-state index < -0.39 is 0 Å². The first-order chi connectivity index (χ1) is 36.4. The van der Waals surface area contributed by atoms with E-state index in [1.165, 1.54) is 181 Å². The molecule has 7 aromatic carbocycles. The molecule has 0 fully saturated rings. The minimum atomic E-state index is 0.675. The van der Waals surface area contributed by atoms with Crippen LogP contribution in [0.25, 0.3) is 94.7 Å². The summed E-state index contributed by atoms with van der Waals surface area (Å²) in [4.78, 5) is 16.6. The zero-order valence-electron chi connectivity index (χ0n) is 52.7. The Labute approximate surface area is 488 Å². The molecule has 10 aromatic rings. The molecule has 346 valence electrons. The van der Waals surface area contributed by atoms with E-state index >= 15 is 0 Å². The molecule has 3 aromatic heterocycles. The van der Waals surface area contributed by atoms with Gasteiger partial charge in [0.2, 0.25) is 0 Å². The molecule has 0 unspecified atom stereocenters. The van der Waals surface area contributed by atoms with Gasteiger partial charge in [-0.25, -0.2) is 15.0 Å². The Morgan fingerprint density at radius 3 is 0.885 bits per heavy atom. The largest absolute Gasteiger partial charge is 0.457 e. The van der Waals surface area contributed by atoms with Crippen molar-refractivity contribution < 1.29 is 4.42 Å². The Kier molecular flexibility index (Phi) is 13.9. The fraction of sp³-hybridized carbons (Fsp3) is 0. The van der Waals surface area contributed by atoms with E-state index in [4.69, 9.17) is 19.4 Å². The van der Waals surface area contributed by atoms with E-state index in [9.17, 15) is 0 Å². The lowest BCUT2D eigenvalue weighted by Crippen LogP contribution is -2.56. The van der Waals surface area contributed by atoms with Gasteiger partial charge in [-0.2, -0.15) is 0 Å². The molecule has 78 heavy (non-hydrogen) atoms. The highest BCUT2D eigenvalue weighted by molar-refractivity contribution is 6.75. The number of nitrogens with zero attached hydrogens (tertiary/aromatic N) is 4. The van der Waals surface area contributed by atoms with Crippen LogP contribution in [0.15, 0.2) is 4.42 Å². The summed E-state index contributed by atoms with van der Waals surface area (Å²) >= 11 is 0. The number of fused-ring (bicyclic) bond motifs is 6. The molecular weight excluding hydrogens is 915 g/mol. The van der Waals surface area contributed by atoms with Gasteiger partial charge in [0.05, 0.1) is 0 Å². The monoisotopic (exact) mass is 977 g/mol. The van der Waals surface area contributed by atoms with Crippen LogP contribution in [0, 0.1) is 0 Å². The van der Waals surface area contributed by atoms with Gasteiger partial charge < -0.3 is 8.98 Å². The molecule has 0 amide bonds.